The van der Waals surface area contributed by atoms with Gasteiger partial charge in [0.1, 0.15) is 10.6 Å². The van der Waals surface area contributed by atoms with Gasteiger partial charge in [0.25, 0.3) is 0 Å². The van der Waals surface area contributed by atoms with Gasteiger partial charge in [-0.25, -0.2) is 4.98 Å². The summed E-state index contributed by atoms with van der Waals surface area (Å²) in [7, 11) is 0. The molecule has 2 heterocycles. The van der Waals surface area contributed by atoms with Crippen LogP contribution in [0.3, 0.4) is 0 Å². The van der Waals surface area contributed by atoms with Gasteiger partial charge >= 0.3 is 0 Å². The lowest BCUT2D eigenvalue weighted by atomic mass is 10.0. The predicted molar refractivity (Wildman–Crippen MR) is 90.4 cm³/mol. The third kappa shape index (κ3) is 2.69. The van der Waals surface area contributed by atoms with Crippen LogP contribution in [0.15, 0.2) is 30.3 Å². The van der Waals surface area contributed by atoms with Crippen LogP contribution in [-0.4, -0.2) is 9.97 Å². The first kappa shape index (κ1) is 13.8. The van der Waals surface area contributed by atoms with E-state index in [1.54, 1.807) is 11.3 Å². The van der Waals surface area contributed by atoms with Crippen molar-refractivity contribution in [2.45, 2.75) is 26.7 Å². The summed E-state index contributed by atoms with van der Waals surface area (Å²) in [5, 5.41) is 4.45. The Balaban J connectivity index is 2.10. The van der Waals surface area contributed by atoms with Gasteiger partial charge in [-0.3, -0.25) is 0 Å². The standard InChI is InChI=1S/C16H18N4S/c1-9(2)11-6-4-5-7-13(11)18-14-12-8-10(3)21-15(12)20-16(17)19-14/h4-9H,1-3H3,(H3,17,18,19,20). The van der Waals surface area contributed by atoms with Crippen molar-refractivity contribution >= 4 is 39.0 Å². The van der Waals surface area contributed by atoms with Crippen LogP contribution in [0.25, 0.3) is 10.2 Å². The summed E-state index contributed by atoms with van der Waals surface area (Å²) >= 11 is 1.63. The maximum atomic E-state index is 5.83. The Morgan fingerprint density at radius 2 is 1.95 bits per heavy atom. The van der Waals surface area contributed by atoms with Gasteiger partial charge in [-0.15, -0.1) is 11.3 Å². The summed E-state index contributed by atoms with van der Waals surface area (Å²) in [6, 6.07) is 10.4. The molecule has 21 heavy (non-hydrogen) atoms. The van der Waals surface area contributed by atoms with Crippen LogP contribution in [0, 0.1) is 6.92 Å². The zero-order valence-electron chi connectivity index (χ0n) is 12.3. The number of anilines is 3. The maximum absolute atomic E-state index is 5.83. The number of nitrogens with one attached hydrogen (secondary N) is 1. The molecule has 0 spiro atoms. The molecule has 0 amide bonds. The van der Waals surface area contributed by atoms with Crippen LogP contribution in [0.5, 0.6) is 0 Å². The van der Waals surface area contributed by atoms with E-state index >= 15 is 0 Å². The number of nitrogens with zero attached hydrogens (tertiary/aromatic N) is 2. The van der Waals surface area contributed by atoms with Crippen molar-refractivity contribution in [3.63, 3.8) is 0 Å². The summed E-state index contributed by atoms with van der Waals surface area (Å²) in [6.07, 6.45) is 0. The van der Waals surface area contributed by atoms with Crippen LogP contribution in [0.4, 0.5) is 17.5 Å². The fourth-order valence-corrected chi connectivity index (χ4v) is 3.28. The Morgan fingerprint density at radius 3 is 2.71 bits per heavy atom. The molecular formula is C16H18N4S. The number of nitrogens with two attached hydrogens (primary N) is 1. The highest BCUT2D eigenvalue weighted by atomic mass is 32.1. The Labute approximate surface area is 128 Å². The molecule has 0 aliphatic heterocycles. The van der Waals surface area contributed by atoms with Gasteiger partial charge in [0.2, 0.25) is 5.95 Å². The highest BCUT2D eigenvalue weighted by Gasteiger charge is 2.12. The Hall–Kier alpha value is -2.14. The van der Waals surface area contributed by atoms with Crippen molar-refractivity contribution in [1.82, 2.24) is 9.97 Å². The normalized spacial score (nSPS) is 11.2. The summed E-state index contributed by atoms with van der Waals surface area (Å²) in [5.74, 6) is 1.51. The van der Waals surface area contributed by atoms with Crippen molar-refractivity contribution in [3.05, 3.63) is 40.8 Å². The third-order valence-electron chi connectivity index (χ3n) is 3.37. The van der Waals surface area contributed by atoms with Crippen molar-refractivity contribution in [2.75, 3.05) is 11.1 Å². The topological polar surface area (TPSA) is 63.8 Å². The third-order valence-corrected chi connectivity index (χ3v) is 4.31. The molecule has 108 valence electrons. The van der Waals surface area contributed by atoms with Crippen LogP contribution >= 0.6 is 11.3 Å². The summed E-state index contributed by atoms with van der Waals surface area (Å²) in [5.41, 5.74) is 8.15. The van der Waals surface area contributed by atoms with Gasteiger partial charge in [0, 0.05) is 10.6 Å². The number of hydrogen-bond donors (Lipinski definition) is 2. The number of benzene rings is 1. The quantitative estimate of drug-likeness (QED) is 0.750. The molecule has 0 bridgehead atoms. The average molecular weight is 298 g/mol. The largest absolute Gasteiger partial charge is 0.368 e. The number of hydrogen-bond acceptors (Lipinski definition) is 5. The number of para-hydroxylation sites is 1. The number of aryl methyl sites for hydroxylation is 1. The Bertz CT molecular complexity index is 792. The smallest absolute Gasteiger partial charge is 0.223 e. The number of nitrogen functional groups attached to an aromatic ring is 1. The van der Waals surface area contributed by atoms with E-state index in [1.165, 1.54) is 10.4 Å². The molecule has 0 atom stereocenters. The highest BCUT2D eigenvalue weighted by Crippen LogP contribution is 2.33. The molecule has 1 aromatic carbocycles. The second-order valence-corrected chi connectivity index (χ2v) is 6.61. The molecule has 0 saturated carbocycles. The molecule has 3 N–H and O–H groups in total. The SMILES string of the molecule is Cc1cc2c(Nc3ccccc3C(C)C)nc(N)nc2s1. The second-order valence-electron chi connectivity index (χ2n) is 5.37. The highest BCUT2D eigenvalue weighted by molar-refractivity contribution is 7.18. The van der Waals surface area contributed by atoms with Crippen LogP contribution < -0.4 is 11.1 Å². The second kappa shape index (κ2) is 5.33. The summed E-state index contributed by atoms with van der Waals surface area (Å²) in [6.45, 7) is 6.42. The molecular weight excluding hydrogens is 280 g/mol. The molecule has 3 rings (SSSR count). The number of aromatic nitrogens is 2. The minimum atomic E-state index is 0.300. The van der Waals surface area contributed by atoms with Gasteiger partial charge in [-0.2, -0.15) is 4.98 Å². The van der Waals surface area contributed by atoms with E-state index in [-0.39, 0.29) is 0 Å². The summed E-state index contributed by atoms with van der Waals surface area (Å²) in [4.78, 5) is 10.8. The predicted octanol–water partition coefficient (Wildman–Crippen LogP) is 4.45. The monoisotopic (exact) mass is 298 g/mol. The Kier molecular flexibility index (Phi) is 3.51. The van der Waals surface area contributed by atoms with E-state index in [0.29, 0.717) is 11.9 Å². The van der Waals surface area contributed by atoms with E-state index < -0.39 is 0 Å². The van der Waals surface area contributed by atoms with Gasteiger partial charge in [0.15, 0.2) is 0 Å². The maximum Gasteiger partial charge on any atom is 0.223 e. The van der Waals surface area contributed by atoms with Gasteiger partial charge < -0.3 is 11.1 Å². The average Bonchev–Trinajstić information content (AvgIpc) is 2.79. The first-order valence-electron chi connectivity index (χ1n) is 6.94. The molecule has 0 unspecified atom stereocenters. The number of thiophene rings is 1. The summed E-state index contributed by atoms with van der Waals surface area (Å²) < 4.78 is 0. The zero-order chi connectivity index (χ0) is 15.0. The fraction of sp³-hybridized carbons (Fsp3) is 0.250. The lowest BCUT2D eigenvalue weighted by molar-refractivity contribution is 0.869. The molecule has 0 aliphatic carbocycles. The Morgan fingerprint density at radius 1 is 1.19 bits per heavy atom. The van der Waals surface area contributed by atoms with Crippen LogP contribution in [-0.2, 0) is 0 Å². The molecule has 0 saturated heterocycles. The van der Waals surface area contributed by atoms with Crippen molar-refractivity contribution in [3.8, 4) is 0 Å². The van der Waals surface area contributed by atoms with Crippen molar-refractivity contribution < 1.29 is 0 Å². The lowest BCUT2D eigenvalue weighted by Gasteiger charge is -2.14. The van der Waals surface area contributed by atoms with Crippen molar-refractivity contribution in [2.24, 2.45) is 0 Å². The van der Waals surface area contributed by atoms with E-state index in [1.807, 2.05) is 6.07 Å². The van der Waals surface area contributed by atoms with E-state index in [0.717, 1.165) is 21.7 Å². The number of rotatable bonds is 3. The van der Waals surface area contributed by atoms with E-state index in [2.05, 4.69) is 60.3 Å². The van der Waals surface area contributed by atoms with Crippen LogP contribution in [0.2, 0.25) is 0 Å². The van der Waals surface area contributed by atoms with Gasteiger partial charge in [-0.05, 0) is 30.5 Å². The number of fused-ring (bicyclic) bond motifs is 1. The first-order valence-corrected chi connectivity index (χ1v) is 7.76. The fourth-order valence-electron chi connectivity index (χ4n) is 2.40. The molecule has 0 radical (unpaired) electrons. The molecule has 0 aliphatic rings. The minimum Gasteiger partial charge on any atom is -0.368 e. The molecule has 4 nitrogen and oxygen atoms in total. The first-order chi connectivity index (χ1) is 10.0. The van der Waals surface area contributed by atoms with E-state index in [9.17, 15) is 0 Å². The van der Waals surface area contributed by atoms with E-state index in [4.69, 9.17) is 5.73 Å². The van der Waals surface area contributed by atoms with Gasteiger partial charge in [0.05, 0.1) is 5.39 Å². The zero-order valence-corrected chi connectivity index (χ0v) is 13.2. The molecule has 5 heteroatoms. The lowest BCUT2D eigenvalue weighted by Crippen LogP contribution is -2.02. The van der Waals surface area contributed by atoms with Crippen LogP contribution in [0.1, 0.15) is 30.2 Å². The minimum absolute atomic E-state index is 0.300. The molecule has 3 aromatic rings. The van der Waals surface area contributed by atoms with Crippen molar-refractivity contribution in [1.29, 1.82) is 0 Å². The molecule has 2 aromatic heterocycles. The van der Waals surface area contributed by atoms with Gasteiger partial charge in [-0.1, -0.05) is 32.0 Å². The molecule has 0 fully saturated rings.